The minimum atomic E-state index is -0.227. The van der Waals surface area contributed by atoms with Crippen molar-refractivity contribution in [2.75, 3.05) is 12.3 Å². The molecule has 2 aromatic rings. The number of halogens is 1. The van der Waals surface area contributed by atoms with Crippen LogP contribution in [-0.4, -0.2) is 32.4 Å². The molecule has 0 atom stereocenters. The van der Waals surface area contributed by atoms with E-state index in [0.717, 1.165) is 6.42 Å². The van der Waals surface area contributed by atoms with Gasteiger partial charge in [0.25, 0.3) is 5.91 Å². The molecule has 0 aliphatic rings. The predicted molar refractivity (Wildman–Crippen MR) is 70.6 cm³/mol. The zero-order valence-corrected chi connectivity index (χ0v) is 10.8. The van der Waals surface area contributed by atoms with Gasteiger partial charge in [-0.05, 0) is 18.6 Å². The maximum atomic E-state index is 11.8. The molecule has 3 N–H and O–H groups in total. The summed E-state index contributed by atoms with van der Waals surface area (Å²) in [6.07, 6.45) is 4.13. The van der Waals surface area contributed by atoms with Gasteiger partial charge in [-0.1, -0.05) is 16.8 Å². The smallest absolute Gasteiger partial charge is 0.251 e. The van der Waals surface area contributed by atoms with E-state index in [0.29, 0.717) is 18.7 Å². The molecule has 0 spiro atoms. The number of aromatic nitrogens is 4. The monoisotopic (exact) mass is 280 g/mol. The second-order valence-corrected chi connectivity index (χ2v) is 4.27. The molecule has 0 unspecified atom stereocenters. The Balaban J connectivity index is 1.80. The van der Waals surface area contributed by atoms with Crippen LogP contribution >= 0.6 is 11.6 Å². The summed E-state index contributed by atoms with van der Waals surface area (Å²) in [5.74, 6) is -0.00476. The van der Waals surface area contributed by atoms with Crippen LogP contribution < -0.4 is 11.1 Å². The number of nitrogens with two attached hydrogens (primary N) is 1. The van der Waals surface area contributed by atoms with Crippen molar-refractivity contribution in [3.63, 3.8) is 0 Å². The van der Waals surface area contributed by atoms with Gasteiger partial charge in [0.2, 0.25) is 0 Å². The molecule has 0 saturated heterocycles. The molecule has 8 heteroatoms. The average molecular weight is 281 g/mol. The standard InChI is InChI=1S/C11H13ClN6O/c12-9-6-8(7-10(13)16-9)11(19)14-2-1-4-18-5-3-15-17-18/h3,5-7H,1-2,4H2,(H2,13,16)(H,14,19). The third-order valence-corrected chi connectivity index (χ3v) is 2.59. The van der Waals surface area contributed by atoms with Gasteiger partial charge < -0.3 is 11.1 Å². The van der Waals surface area contributed by atoms with Gasteiger partial charge in [0, 0.05) is 24.8 Å². The molecule has 1 amide bonds. The van der Waals surface area contributed by atoms with Crippen molar-refractivity contribution in [2.45, 2.75) is 13.0 Å². The zero-order valence-electron chi connectivity index (χ0n) is 10.1. The van der Waals surface area contributed by atoms with Crippen LogP contribution in [-0.2, 0) is 6.54 Å². The maximum Gasteiger partial charge on any atom is 0.251 e. The van der Waals surface area contributed by atoms with Gasteiger partial charge >= 0.3 is 0 Å². The highest BCUT2D eigenvalue weighted by Crippen LogP contribution is 2.11. The molecule has 0 aliphatic heterocycles. The lowest BCUT2D eigenvalue weighted by atomic mass is 10.2. The second kappa shape index (κ2) is 6.14. The fourth-order valence-corrected chi connectivity index (χ4v) is 1.76. The summed E-state index contributed by atoms with van der Waals surface area (Å²) in [6, 6.07) is 2.96. The summed E-state index contributed by atoms with van der Waals surface area (Å²) in [5, 5.41) is 10.5. The third kappa shape index (κ3) is 3.92. The van der Waals surface area contributed by atoms with Gasteiger partial charge in [0.05, 0.1) is 6.20 Å². The van der Waals surface area contributed by atoms with Gasteiger partial charge in [-0.15, -0.1) is 5.10 Å². The molecule has 2 aromatic heterocycles. The molecule has 0 radical (unpaired) electrons. The number of nitrogens with one attached hydrogen (secondary N) is 1. The lowest BCUT2D eigenvalue weighted by molar-refractivity contribution is 0.0952. The van der Waals surface area contributed by atoms with Crippen molar-refractivity contribution >= 4 is 23.3 Å². The molecule has 0 aromatic carbocycles. The Bertz CT molecular complexity index is 536. The largest absolute Gasteiger partial charge is 0.384 e. The number of nitrogens with zero attached hydrogens (tertiary/aromatic N) is 4. The zero-order chi connectivity index (χ0) is 13.7. The summed E-state index contributed by atoms with van der Waals surface area (Å²) in [6.45, 7) is 1.22. The number of rotatable bonds is 5. The quantitative estimate of drug-likeness (QED) is 0.621. The number of amides is 1. The molecule has 7 nitrogen and oxygen atoms in total. The number of nitrogen functional groups attached to an aromatic ring is 1. The van der Waals surface area contributed by atoms with Crippen LogP contribution in [0.4, 0.5) is 5.82 Å². The summed E-state index contributed by atoms with van der Waals surface area (Å²) in [4.78, 5) is 15.6. The van der Waals surface area contributed by atoms with E-state index in [4.69, 9.17) is 17.3 Å². The Labute approximate surface area is 114 Å². The van der Waals surface area contributed by atoms with Crippen molar-refractivity contribution in [1.29, 1.82) is 0 Å². The summed E-state index contributed by atoms with van der Waals surface area (Å²) >= 11 is 5.73. The topological polar surface area (TPSA) is 98.7 Å². The van der Waals surface area contributed by atoms with Crippen molar-refractivity contribution < 1.29 is 4.79 Å². The van der Waals surface area contributed by atoms with Crippen LogP contribution in [0.2, 0.25) is 5.15 Å². The lowest BCUT2D eigenvalue weighted by Gasteiger charge is -2.06. The van der Waals surface area contributed by atoms with Crippen molar-refractivity contribution in [3.05, 3.63) is 35.2 Å². The van der Waals surface area contributed by atoms with Crippen molar-refractivity contribution in [3.8, 4) is 0 Å². The Kier molecular flexibility index (Phi) is 4.30. The Morgan fingerprint density at radius 2 is 2.32 bits per heavy atom. The molecular weight excluding hydrogens is 268 g/mol. The highest BCUT2D eigenvalue weighted by molar-refractivity contribution is 6.29. The first kappa shape index (κ1) is 13.3. The van der Waals surface area contributed by atoms with E-state index in [2.05, 4.69) is 20.6 Å². The molecule has 100 valence electrons. The number of carbonyl (C=O) groups is 1. The van der Waals surface area contributed by atoms with Crippen LogP contribution in [0.15, 0.2) is 24.5 Å². The van der Waals surface area contributed by atoms with E-state index >= 15 is 0 Å². The molecule has 0 saturated carbocycles. The number of anilines is 1. The summed E-state index contributed by atoms with van der Waals surface area (Å²) in [7, 11) is 0. The Morgan fingerprint density at radius 1 is 1.47 bits per heavy atom. The van der Waals surface area contributed by atoms with Gasteiger partial charge in [-0.25, -0.2) is 4.98 Å². The summed E-state index contributed by atoms with van der Waals surface area (Å²) in [5.41, 5.74) is 5.92. The highest BCUT2D eigenvalue weighted by atomic mass is 35.5. The van der Waals surface area contributed by atoms with Crippen LogP contribution in [0, 0.1) is 0 Å². The van der Waals surface area contributed by atoms with Crippen molar-refractivity contribution in [2.24, 2.45) is 0 Å². The first-order valence-corrected chi connectivity index (χ1v) is 6.08. The number of aryl methyl sites for hydroxylation is 1. The molecule has 2 rings (SSSR count). The third-order valence-electron chi connectivity index (χ3n) is 2.40. The van der Waals surface area contributed by atoms with Crippen LogP contribution in [0.25, 0.3) is 0 Å². The SMILES string of the molecule is Nc1cc(C(=O)NCCCn2ccnn2)cc(Cl)n1. The fourth-order valence-electron chi connectivity index (χ4n) is 1.55. The normalized spacial score (nSPS) is 10.4. The molecule has 0 bridgehead atoms. The summed E-state index contributed by atoms with van der Waals surface area (Å²) < 4.78 is 1.70. The fraction of sp³-hybridized carbons (Fsp3) is 0.273. The number of hydrogen-bond donors (Lipinski definition) is 2. The number of carbonyl (C=O) groups excluding carboxylic acids is 1. The molecule has 19 heavy (non-hydrogen) atoms. The predicted octanol–water partition coefficient (Wildman–Crippen LogP) is 0.729. The van der Waals surface area contributed by atoms with Crippen molar-refractivity contribution in [1.82, 2.24) is 25.3 Å². The van der Waals surface area contributed by atoms with Gasteiger partial charge in [-0.3, -0.25) is 9.48 Å². The Hall–Kier alpha value is -2.15. The van der Waals surface area contributed by atoms with E-state index in [1.54, 1.807) is 17.1 Å². The maximum absolute atomic E-state index is 11.8. The second-order valence-electron chi connectivity index (χ2n) is 3.88. The highest BCUT2D eigenvalue weighted by Gasteiger charge is 2.07. The Morgan fingerprint density at radius 3 is 3.00 bits per heavy atom. The van der Waals surface area contributed by atoms with Crippen LogP contribution in [0.3, 0.4) is 0 Å². The number of hydrogen-bond acceptors (Lipinski definition) is 5. The lowest BCUT2D eigenvalue weighted by Crippen LogP contribution is -2.25. The van der Waals surface area contributed by atoms with Crippen LogP contribution in [0.5, 0.6) is 0 Å². The number of pyridine rings is 1. The van der Waals surface area contributed by atoms with E-state index in [9.17, 15) is 4.79 Å². The van der Waals surface area contributed by atoms with Gasteiger partial charge in [0.1, 0.15) is 11.0 Å². The van der Waals surface area contributed by atoms with E-state index in [1.165, 1.54) is 12.1 Å². The minimum Gasteiger partial charge on any atom is -0.384 e. The van der Waals surface area contributed by atoms with E-state index in [1.807, 2.05) is 0 Å². The van der Waals surface area contributed by atoms with Gasteiger partial charge in [0.15, 0.2) is 0 Å². The molecule has 2 heterocycles. The average Bonchev–Trinajstić information content (AvgIpc) is 2.86. The molecular formula is C11H13ClN6O. The van der Waals surface area contributed by atoms with Crippen LogP contribution in [0.1, 0.15) is 16.8 Å². The van der Waals surface area contributed by atoms with E-state index < -0.39 is 0 Å². The first-order chi connectivity index (χ1) is 9.15. The van der Waals surface area contributed by atoms with Gasteiger partial charge in [-0.2, -0.15) is 0 Å². The first-order valence-electron chi connectivity index (χ1n) is 5.70. The molecule has 0 aliphatic carbocycles. The molecule has 0 fully saturated rings. The minimum absolute atomic E-state index is 0.202. The van der Waals surface area contributed by atoms with E-state index in [-0.39, 0.29) is 16.9 Å².